The Morgan fingerprint density at radius 3 is 2.67 bits per heavy atom. The van der Waals surface area contributed by atoms with E-state index in [0.717, 1.165) is 12.1 Å². The second-order valence-corrected chi connectivity index (χ2v) is 6.02. The fourth-order valence-electron chi connectivity index (χ4n) is 3.53. The highest BCUT2D eigenvalue weighted by Gasteiger charge is 2.28. The summed E-state index contributed by atoms with van der Waals surface area (Å²) in [6.45, 7) is 8.96. The first-order valence-corrected chi connectivity index (χ1v) is 7.97. The van der Waals surface area contributed by atoms with Crippen LogP contribution in [0.4, 0.5) is 0 Å². The lowest BCUT2D eigenvalue weighted by Gasteiger charge is -2.24. The Labute approximate surface area is 113 Å². The van der Waals surface area contributed by atoms with E-state index in [2.05, 4.69) is 29.1 Å². The van der Waals surface area contributed by atoms with Crippen LogP contribution < -0.4 is 5.32 Å². The molecule has 0 spiro atoms. The van der Waals surface area contributed by atoms with Gasteiger partial charge >= 0.3 is 0 Å². The van der Waals surface area contributed by atoms with Crippen molar-refractivity contribution in [1.29, 1.82) is 0 Å². The zero-order valence-electron chi connectivity index (χ0n) is 12.3. The molecule has 0 aromatic carbocycles. The predicted molar refractivity (Wildman–Crippen MR) is 78.0 cm³/mol. The van der Waals surface area contributed by atoms with Gasteiger partial charge in [-0.25, -0.2) is 0 Å². The second kappa shape index (κ2) is 7.46. The minimum absolute atomic E-state index is 0.724. The lowest BCUT2D eigenvalue weighted by atomic mass is 10.1. The quantitative estimate of drug-likeness (QED) is 0.748. The van der Waals surface area contributed by atoms with E-state index in [1.54, 1.807) is 0 Å². The summed E-state index contributed by atoms with van der Waals surface area (Å²) in [5.41, 5.74) is 0. The third kappa shape index (κ3) is 3.94. The van der Waals surface area contributed by atoms with Gasteiger partial charge in [-0.1, -0.05) is 6.92 Å². The van der Waals surface area contributed by atoms with Crippen molar-refractivity contribution in [2.24, 2.45) is 0 Å². The van der Waals surface area contributed by atoms with Crippen LogP contribution in [0.2, 0.25) is 0 Å². The van der Waals surface area contributed by atoms with Crippen molar-refractivity contribution in [2.75, 3.05) is 39.8 Å². The lowest BCUT2D eigenvalue weighted by Crippen LogP contribution is -2.35. The van der Waals surface area contributed by atoms with Crippen LogP contribution >= 0.6 is 0 Å². The molecule has 0 amide bonds. The van der Waals surface area contributed by atoms with E-state index < -0.39 is 0 Å². The van der Waals surface area contributed by atoms with Gasteiger partial charge in [-0.15, -0.1) is 0 Å². The highest BCUT2D eigenvalue weighted by molar-refractivity contribution is 4.85. The normalized spacial score (nSPS) is 28.0. The molecule has 3 heteroatoms. The number of hydrogen-bond donors (Lipinski definition) is 1. The van der Waals surface area contributed by atoms with E-state index in [0.29, 0.717) is 0 Å². The number of likely N-dealkylation sites (tertiary alicyclic amines) is 2. The molecule has 0 aromatic heterocycles. The van der Waals surface area contributed by atoms with Gasteiger partial charge in [0.25, 0.3) is 0 Å². The molecule has 2 unspecified atom stereocenters. The summed E-state index contributed by atoms with van der Waals surface area (Å²) in [6, 6.07) is 1.60. The molecule has 2 saturated heterocycles. The fraction of sp³-hybridized carbons (Fsp3) is 1.00. The van der Waals surface area contributed by atoms with Crippen molar-refractivity contribution >= 4 is 0 Å². The van der Waals surface area contributed by atoms with E-state index in [4.69, 9.17) is 0 Å². The molecular weight excluding hydrogens is 222 g/mol. The van der Waals surface area contributed by atoms with Crippen molar-refractivity contribution < 1.29 is 0 Å². The van der Waals surface area contributed by atoms with Crippen molar-refractivity contribution in [3.8, 4) is 0 Å². The number of nitrogens with one attached hydrogen (secondary N) is 1. The summed E-state index contributed by atoms with van der Waals surface area (Å²) in [6.07, 6.45) is 8.20. The average Bonchev–Trinajstić information content (AvgIpc) is 3.05. The minimum atomic E-state index is 0.724. The van der Waals surface area contributed by atoms with E-state index >= 15 is 0 Å². The van der Waals surface area contributed by atoms with Gasteiger partial charge in [-0.3, -0.25) is 4.90 Å². The highest BCUT2D eigenvalue weighted by Crippen LogP contribution is 2.20. The standard InChI is InChI=1S/C15H31N3/c1-3-14(16-2)7-6-9-17-12-8-15(13-17)18-10-4-5-11-18/h14-16H,3-13H2,1-2H3. The van der Waals surface area contributed by atoms with Crippen LogP contribution in [0.25, 0.3) is 0 Å². The molecule has 0 aliphatic carbocycles. The second-order valence-electron chi connectivity index (χ2n) is 6.02. The number of hydrogen-bond acceptors (Lipinski definition) is 3. The Morgan fingerprint density at radius 1 is 1.22 bits per heavy atom. The molecule has 2 aliphatic rings. The van der Waals surface area contributed by atoms with Crippen molar-refractivity contribution in [3.05, 3.63) is 0 Å². The van der Waals surface area contributed by atoms with Gasteiger partial charge in [-0.2, -0.15) is 0 Å². The third-order valence-electron chi connectivity index (χ3n) is 4.83. The van der Waals surface area contributed by atoms with Gasteiger partial charge in [-0.05, 0) is 71.8 Å². The average molecular weight is 253 g/mol. The molecule has 1 N–H and O–H groups in total. The molecule has 3 nitrogen and oxygen atoms in total. The molecule has 2 fully saturated rings. The molecule has 18 heavy (non-hydrogen) atoms. The SMILES string of the molecule is CCC(CCCN1CCC(N2CCCC2)C1)NC. The zero-order valence-corrected chi connectivity index (χ0v) is 12.3. The Kier molecular flexibility index (Phi) is 5.93. The first kappa shape index (κ1) is 14.3. The molecule has 0 radical (unpaired) electrons. The Morgan fingerprint density at radius 2 is 2.00 bits per heavy atom. The number of rotatable bonds is 7. The van der Waals surface area contributed by atoms with Crippen LogP contribution in [0, 0.1) is 0 Å². The summed E-state index contributed by atoms with van der Waals surface area (Å²) in [5, 5.41) is 3.40. The van der Waals surface area contributed by atoms with Gasteiger partial charge in [0.05, 0.1) is 0 Å². The highest BCUT2D eigenvalue weighted by atomic mass is 15.3. The molecule has 2 rings (SSSR count). The monoisotopic (exact) mass is 253 g/mol. The van der Waals surface area contributed by atoms with Crippen LogP contribution in [0.5, 0.6) is 0 Å². The van der Waals surface area contributed by atoms with Crippen molar-refractivity contribution in [2.45, 2.75) is 57.5 Å². The van der Waals surface area contributed by atoms with Crippen LogP contribution in [0.3, 0.4) is 0 Å². The molecule has 2 aliphatic heterocycles. The third-order valence-corrected chi connectivity index (χ3v) is 4.83. The van der Waals surface area contributed by atoms with Crippen LogP contribution in [0.15, 0.2) is 0 Å². The molecular formula is C15H31N3. The Bertz CT molecular complexity index is 222. The summed E-state index contributed by atoms with van der Waals surface area (Å²) in [5.74, 6) is 0. The smallest absolute Gasteiger partial charge is 0.0235 e. The van der Waals surface area contributed by atoms with Crippen LogP contribution in [-0.4, -0.2) is 61.7 Å². The van der Waals surface area contributed by atoms with Crippen molar-refractivity contribution in [3.63, 3.8) is 0 Å². The van der Waals surface area contributed by atoms with E-state index in [-0.39, 0.29) is 0 Å². The maximum atomic E-state index is 3.40. The van der Waals surface area contributed by atoms with E-state index in [1.165, 1.54) is 71.2 Å². The Hall–Kier alpha value is -0.120. The largest absolute Gasteiger partial charge is 0.317 e. The zero-order chi connectivity index (χ0) is 12.8. The van der Waals surface area contributed by atoms with E-state index in [1.807, 2.05) is 0 Å². The molecule has 2 atom stereocenters. The van der Waals surface area contributed by atoms with Gasteiger partial charge < -0.3 is 10.2 Å². The first-order valence-electron chi connectivity index (χ1n) is 7.97. The first-order chi connectivity index (χ1) is 8.83. The minimum Gasteiger partial charge on any atom is -0.317 e. The van der Waals surface area contributed by atoms with E-state index in [9.17, 15) is 0 Å². The van der Waals surface area contributed by atoms with Gasteiger partial charge in [0.1, 0.15) is 0 Å². The molecule has 0 bridgehead atoms. The summed E-state index contributed by atoms with van der Waals surface area (Å²) >= 11 is 0. The van der Waals surface area contributed by atoms with Gasteiger partial charge in [0.15, 0.2) is 0 Å². The maximum absolute atomic E-state index is 3.40. The lowest BCUT2D eigenvalue weighted by molar-refractivity contribution is 0.230. The molecule has 0 aromatic rings. The van der Waals surface area contributed by atoms with Gasteiger partial charge in [0.2, 0.25) is 0 Å². The summed E-state index contributed by atoms with van der Waals surface area (Å²) in [4.78, 5) is 5.41. The fourth-order valence-corrected chi connectivity index (χ4v) is 3.53. The predicted octanol–water partition coefficient (Wildman–Crippen LogP) is 1.93. The molecule has 2 heterocycles. The topological polar surface area (TPSA) is 18.5 Å². The van der Waals surface area contributed by atoms with Crippen LogP contribution in [0.1, 0.15) is 45.4 Å². The summed E-state index contributed by atoms with van der Waals surface area (Å²) in [7, 11) is 2.09. The molecule has 0 saturated carbocycles. The van der Waals surface area contributed by atoms with Crippen molar-refractivity contribution in [1.82, 2.24) is 15.1 Å². The molecule has 106 valence electrons. The number of nitrogens with zero attached hydrogens (tertiary/aromatic N) is 2. The van der Waals surface area contributed by atoms with Crippen LogP contribution in [-0.2, 0) is 0 Å². The van der Waals surface area contributed by atoms with Gasteiger partial charge in [0, 0.05) is 18.6 Å². The maximum Gasteiger partial charge on any atom is 0.0235 e. The Balaban J connectivity index is 1.60. The summed E-state index contributed by atoms with van der Waals surface area (Å²) < 4.78 is 0.